The molecule has 1 aromatic rings. The molecule has 1 fully saturated rings. The van der Waals surface area contributed by atoms with Crippen molar-refractivity contribution in [2.45, 2.75) is 12.5 Å². The molecule has 5 nitrogen and oxygen atoms in total. The summed E-state index contributed by atoms with van der Waals surface area (Å²) < 4.78 is 5.19. The summed E-state index contributed by atoms with van der Waals surface area (Å²) in [7, 11) is 1.62. The van der Waals surface area contributed by atoms with E-state index in [2.05, 4.69) is 0 Å². The number of hydrogen-bond donors (Lipinski definition) is 2. The lowest BCUT2D eigenvalue weighted by atomic mass is 10.2. The number of carboxylic acid groups (broad SMARTS) is 1. The van der Waals surface area contributed by atoms with Gasteiger partial charge in [0.2, 0.25) is 0 Å². The summed E-state index contributed by atoms with van der Waals surface area (Å²) in [5, 5.41) is 9.49. The second-order valence-corrected chi connectivity index (χ2v) is 4.39. The van der Waals surface area contributed by atoms with Crippen molar-refractivity contribution in [3.8, 4) is 0 Å². The number of ether oxygens (including phenoxy) is 1. The number of anilines is 1. The van der Waals surface area contributed by atoms with E-state index >= 15 is 0 Å². The Kier molecular flexibility index (Phi) is 3.04. The quantitative estimate of drug-likeness (QED) is 0.606. The number of nitrogen functional groups attached to an aromatic ring is 1. The van der Waals surface area contributed by atoms with Crippen LogP contribution in [0, 0.1) is 0 Å². The average molecular weight is 237 g/mol. The number of nitrogens with two attached hydrogens (primary N) is 1. The molecule has 92 valence electrons. The molecule has 5 heteroatoms. The predicted molar refractivity (Wildman–Crippen MR) is 65.8 cm³/mol. The van der Waals surface area contributed by atoms with E-state index in [1.165, 1.54) is 0 Å². The van der Waals surface area contributed by atoms with Gasteiger partial charge in [0.15, 0.2) is 0 Å². The van der Waals surface area contributed by atoms with Crippen LogP contribution >= 0.6 is 0 Å². The lowest BCUT2D eigenvalue weighted by Crippen LogP contribution is -2.52. The Hall–Kier alpha value is -1.59. The molecule has 0 radical (unpaired) electrons. The van der Waals surface area contributed by atoms with E-state index in [0.29, 0.717) is 18.8 Å². The molecule has 2 rings (SSSR count). The van der Waals surface area contributed by atoms with Crippen LogP contribution in [0.5, 0.6) is 0 Å². The largest absolute Gasteiger partial charge is 0.518 e. The number of amides is 1. The summed E-state index contributed by atoms with van der Waals surface area (Å²) in [6.07, 6.45) is -0.0781. The summed E-state index contributed by atoms with van der Waals surface area (Å²) in [5.74, 6) is 0. The molecule has 0 spiro atoms. The normalized spacial score (nSPS) is 28.2. The third-order valence-corrected chi connectivity index (χ3v) is 3.43. The molecule has 17 heavy (non-hydrogen) atoms. The number of nitrogens with zero attached hydrogens (tertiary/aromatic N) is 1. The molecule has 3 N–H and O–H groups in total. The lowest BCUT2D eigenvalue weighted by Gasteiger charge is -2.27. The second kappa shape index (κ2) is 4.35. The minimum absolute atomic E-state index is 0.00338. The molecule has 1 aliphatic rings. The Morgan fingerprint density at radius 3 is 2.59 bits per heavy atom. The Morgan fingerprint density at radius 1 is 1.47 bits per heavy atom. The Bertz CT molecular complexity index is 418. The fraction of sp³-hybridized carbons (Fsp3) is 0.417. The standard InChI is InChI=1S/C12H16N2O3/c1-17-11-6-7-14(8-11,12(15)16)10-4-2-9(13)3-5-10/h2-5,11H,6-8,13H2,1H3/p+1. The van der Waals surface area contributed by atoms with E-state index in [-0.39, 0.29) is 10.6 Å². The molecule has 2 atom stereocenters. The highest BCUT2D eigenvalue weighted by Crippen LogP contribution is 2.31. The van der Waals surface area contributed by atoms with Gasteiger partial charge in [-0.1, -0.05) is 0 Å². The van der Waals surface area contributed by atoms with Crippen molar-refractivity contribution in [3.05, 3.63) is 24.3 Å². The maximum Gasteiger partial charge on any atom is 0.518 e. The summed E-state index contributed by atoms with van der Waals surface area (Å²) in [6, 6.07) is 7.03. The van der Waals surface area contributed by atoms with Crippen LogP contribution < -0.4 is 10.2 Å². The van der Waals surface area contributed by atoms with Gasteiger partial charge in [-0.05, 0) is 12.1 Å². The first-order valence-corrected chi connectivity index (χ1v) is 5.58. The van der Waals surface area contributed by atoms with Crippen molar-refractivity contribution < 1.29 is 14.6 Å². The summed E-state index contributed by atoms with van der Waals surface area (Å²) in [4.78, 5) is 11.6. The second-order valence-electron chi connectivity index (χ2n) is 4.39. The third-order valence-electron chi connectivity index (χ3n) is 3.43. The fourth-order valence-corrected chi connectivity index (χ4v) is 2.37. The first-order valence-electron chi connectivity index (χ1n) is 5.58. The number of likely N-dealkylation sites (tertiary alicyclic amines) is 1. The van der Waals surface area contributed by atoms with Crippen LogP contribution in [0.2, 0.25) is 0 Å². The highest BCUT2D eigenvalue weighted by atomic mass is 16.5. The molecule has 1 amide bonds. The average Bonchev–Trinajstić information content (AvgIpc) is 2.75. The predicted octanol–water partition coefficient (Wildman–Crippen LogP) is 1.67. The van der Waals surface area contributed by atoms with Crippen LogP contribution in [-0.4, -0.2) is 37.5 Å². The van der Waals surface area contributed by atoms with Crippen molar-refractivity contribution in [2.24, 2.45) is 0 Å². The zero-order chi connectivity index (χ0) is 12.5. The van der Waals surface area contributed by atoms with Crippen LogP contribution in [0.3, 0.4) is 0 Å². The van der Waals surface area contributed by atoms with Gasteiger partial charge in [0, 0.05) is 31.4 Å². The highest BCUT2D eigenvalue weighted by molar-refractivity contribution is 5.81. The van der Waals surface area contributed by atoms with Gasteiger partial charge in [-0.2, -0.15) is 9.28 Å². The first kappa shape index (κ1) is 11.9. The van der Waals surface area contributed by atoms with E-state index in [9.17, 15) is 9.90 Å². The number of quaternary nitrogens is 1. The molecular weight excluding hydrogens is 220 g/mol. The minimum atomic E-state index is -0.839. The number of benzene rings is 1. The van der Waals surface area contributed by atoms with Gasteiger partial charge >= 0.3 is 6.09 Å². The maximum absolute atomic E-state index is 11.6. The van der Waals surface area contributed by atoms with Crippen molar-refractivity contribution >= 4 is 17.5 Å². The smallest absolute Gasteiger partial charge is 0.435 e. The van der Waals surface area contributed by atoms with Crippen LogP contribution in [0.25, 0.3) is 0 Å². The van der Waals surface area contributed by atoms with Crippen molar-refractivity contribution in [3.63, 3.8) is 0 Å². The zero-order valence-electron chi connectivity index (χ0n) is 9.80. The number of carbonyl (C=O) groups is 1. The zero-order valence-corrected chi connectivity index (χ0v) is 9.80. The molecule has 1 aromatic carbocycles. The van der Waals surface area contributed by atoms with E-state index < -0.39 is 6.09 Å². The number of rotatable bonds is 2. The molecule has 0 aromatic heterocycles. The molecule has 2 unspecified atom stereocenters. The van der Waals surface area contributed by atoms with Gasteiger partial charge in [-0.15, -0.1) is 0 Å². The summed E-state index contributed by atoms with van der Waals surface area (Å²) in [5.41, 5.74) is 7.01. The fourth-order valence-electron chi connectivity index (χ4n) is 2.37. The van der Waals surface area contributed by atoms with Gasteiger partial charge < -0.3 is 15.6 Å². The molecule has 0 bridgehead atoms. The van der Waals surface area contributed by atoms with Gasteiger partial charge in [0.05, 0.1) is 6.54 Å². The van der Waals surface area contributed by atoms with Gasteiger partial charge in [-0.25, -0.2) is 0 Å². The highest BCUT2D eigenvalue weighted by Gasteiger charge is 2.47. The summed E-state index contributed by atoms with van der Waals surface area (Å²) >= 11 is 0. The molecule has 0 aliphatic carbocycles. The Morgan fingerprint density at radius 2 is 2.12 bits per heavy atom. The van der Waals surface area contributed by atoms with Gasteiger partial charge in [0.1, 0.15) is 18.3 Å². The van der Waals surface area contributed by atoms with E-state index in [1.807, 2.05) is 0 Å². The van der Waals surface area contributed by atoms with Crippen LogP contribution in [-0.2, 0) is 4.74 Å². The molecule has 1 heterocycles. The Balaban J connectivity index is 2.36. The van der Waals surface area contributed by atoms with Crippen molar-refractivity contribution in [2.75, 3.05) is 25.9 Å². The lowest BCUT2D eigenvalue weighted by molar-refractivity contribution is 0.104. The van der Waals surface area contributed by atoms with E-state index in [0.717, 1.165) is 12.1 Å². The SMILES string of the molecule is COC1CC[N+](C(=O)O)(c2ccc(N)cc2)C1. The third kappa shape index (κ3) is 1.99. The molecule has 1 aliphatic heterocycles. The van der Waals surface area contributed by atoms with E-state index in [4.69, 9.17) is 10.5 Å². The first-order chi connectivity index (χ1) is 8.08. The van der Waals surface area contributed by atoms with Crippen LogP contribution in [0.1, 0.15) is 6.42 Å². The van der Waals surface area contributed by atoms with Crippen molar-refractivity contribution in [1.82, 2.24) is 4.48 Å². The summed E-state index contributed by atoms with van der Waals surface area (Å²) in [6.45, 7) is 1.02. The van der Waals surface area contributed by atoms with E-state index in [1.54, 1.807) is 31.4 Å². The monoisotopic (exact) mass is 237 g/mol. The number of hydrogen-bond acceptors (Lipinski definition) is 3. The Labute approximate surface area is 100.0 Å². The molecular formula is C12H17N2O3+. The van der Waals surface area contributed by atoms with Gasteiger partial charge in [-0.3, -0.25) is 0 Å². The number of methoxy groups -OCH3 is 1. The topological polar surface area (TPSA) is 72.5 Å². The molecule has 1 saturated heterocycles. The molecule has 0 saturated carbocycles. The minimum Gasteiger partial charge on any atom is -0.435 e. The van der Waals surface area contributed by atoms with Crippen LogP contribution in [0.4, 0.5) is 16.2 Å². The maximum atomic E-state index is 11.6. The van der Waals surface area contributed by atoms with Crippen molar-refractivity contribution in [1.29, 1.82) is 0 Å². The van der Waals surface area contributed by atoms with Gasteiger partial charge in [0.25, 0.3) is 0 Å². The van der Waals surface area contributed by atoms with Crippen LogP contribution in [0.15, 0.2) is 24.3 Å².